The average Bonchev–Trinajstić information content (AvgIpc) is 3.35. The van der Waals surface area contributed by atoms with Crippen LogP contribution in [-0.4, -0.2) is 18.3 Å². The highest BCUT2D eigenvalue weighted by molar-refractivity contribution is 6.18. The van der Waals surface area contributed by atoms with Crippen LogP contribution in [0.2, 0.25) is 0 Å². The molecule has 2 fully saturated rings. The molecule has 1 aromatic rings. The lowest BCUT2D eigenvalue weighted by atomic mass is 9.75. The molecule has 114 valence electrons. The van der Waals surface area contributed by atoms with Crippen molar-refractivity contribution in [1.82, 2.24) is 5.32 Å². The maximum absolute atomic E-state index is 12.3. The van der Waals surface area contributed by atoms with Crippen LogP contribution in [0, 0.1) is 11.3 Å². The predicted molar refractivity (Wildman–Crippen MR) is 86.5 cm³/mol. The molecular weight excluding hydrogens is 282 g/mol. The molecule has 0 radical (unpaired) electrons. The first-order valence-electron chi connectivity index (χ1n) is 8.13. The van der Waals surface area contributed by atoms with Crippen molar-refractivity contribution in [2.24, 2.45) is 11.3 Å². The molecule has 1 aromatic carbocycles. The zero-order chi connectivity index (χ0) is 14.7. The van der Waals surface area contributed by atoms with Gasteiger partial charge in [0.05, 0.1) is 0 Å². The van der Waals surface area contributed by atoms with Crippen molar-refractivity contribution in [1.29, 1.82) is 0 Å². The molecule has 0 bridgehead atoms. The Hall–Kier alpha value is -1.02. The standard InChI is InChI=1S/C18H24ClNO/c19-12-18(9-5-2-6-10-18)13-20-17(21)16-11-15(16)14-7-3-1-4-8-14/h1,3-4,7-8,15-16H,2,5-6,9-13H2,(H,20,21). The third-order valence-corrected chi connectivity index (χ3v) is 5.76. The molecular formula is C18H24ClNO. The van der Waals surface area contributed by atoms with E-state index in [0.717, 1.165) is 25.8 Å². The topological polar surface area (TPSA) is 29.1 Å². The molecule has 1 amide bonds. The molecule has 0 saturated heterocycles. The molecule has 0 spiro atoms. The van der Waals surface area contributed by atoms with E-state index >= 15 is 0 Å². The molecule has 2 aliphatic carbocycles. The second-order valence-electron chi connectivity index (χ2n) is 6.77. The summed E-state index contributed by atoms with van der Waals surface area (Å²) in [4.78, 5) is 12.3. The van der Waals surface area contributed by atoms with Crippen LogP contribution >= 0.6 is 11.6 Å². The van der Waals surface area contributed by atoms with Gasteiger partial charge in [-0.3, -0.25) is 4.79 Å². The highest BCUT2D eigenvalue weighted by Gasteiger charge is 2.44. The molecule has 3 rings (SSSR count). The van der Waals surface area contributed by atoms with Gasteiger partial charge in [0.1, 0.15) is 0 Å². The molecule has 2 saturated carbocycles. The number of benzene rings is 1. The molecule has 2 atom stereocenters. The summed E-state index contributed by atoms with van der Waals surface area (Å²) in [5.41, 5.74) is 1.44. The van der Waals surface area contributed by atoms with Crippen LogP contribution in [-0.2, 0) is 4.79 Å². The van der Waals surface area contributed by atoms with E-state index in [-0.39, 0.29) is 17.2 Å². The van der Waals surface area contributed by atoms with Crippen molar-refractivity contribution in [3.8, 4) is 0 Å². The fourth-order valence-electron chi connectivity index (χ4n) is 3.62. The second kappa shape index (κ2) is 6.39. The lowest BCUT2D eigenvalue weighted by molar-refractivity contribution is -0.123. The lowest BCUT2D eigenvalue weighted by Gasteiger charge is -2.35. The maximum Gasteiger partial charge on any atom is 0.223 e. The first kappa shape index (κ1) is 14.9. The Balaban J connectivity index is 1.51. The van der Waals surface area contributed by atoms with Crippen molar-refractivity contribution >= 4 is 17.5 Å². The van der Waals surface area contributed by atoms with Crippen molar-refractivity contribution in [3.63, 3.8) is 0 Å². The predicted octanol–water partition coefficient (Wildman–Crippen LogP) is 4.10. The van der Waals surface area contributed by atoms with E-state index in [0.29, 0.717) is 11.8 Å². The van der Waals surface area contributed by atoms with Gasteiger partial charge >= 0.3 is 0 Å². The summed E-state index contributed by atoms with van der Waals surface area (Å²) < 4.78 is 0. The number of nitrogens with one attached hydrogen (secondary N) is 1. The normalized spacial score (nSPS) is 27.1. The molecule has 0 heterocycles. The third kappa shape index (κ3) is 3.42. The van der Waals surface area contributed by atoms with Crippen molar-refractivity contribution < 1.29 is 4.79 Å². The smallest absolute Gasteiger partial charge is 0.223 e. The zero-order valence-corrected chi connectivity index (χ0v) is 13.2. The van der Waals surface area contributed by atoms with Crippen LogP contribution in [0.15, 0.2) is 30.3 Å². The summed E-state index contributed by atoms with van der Waals surface area (Å²) in [6, 6.07) is 10.4. The maximum atomic E-state index is 12.3. The van der Waals surface area contributed by atoms with Gasteiger partial charge in [-0.25, -0.2) is 0 Å². The first-order chi connectivity index (χ1) is 10.2. The summed E-state index contributed by atoms with van der Waals surface area (Å²) in [7, 11) is 0. The summed E-state index contributed by atoms with van der Waals surface area (Å²) >= 11 is 6.19. The minimum absolute atomic E-state index is 0.145. The van der Waals surface area contributed by atoms with Crippen LogP contribution in [0.1, 0.15) is 50.0 Å². The Labute approximate surface area is 132 Å². The van der Waals surface area contributed by atoms with E-state index in [1.807, 2.05) is 18.2 Å². The zero-order valence-electron chi connectivity index (χ0n) is 12.5. The molecule has 1 N–H and O–H groups in total. The number of rotatable bonds is 5. The van der Waals surface area contributed by atoms with Crippen LogP contribution in [0.3, 0.4) is 0 Å². The highest BCUT2D eigenvalue weighted by atomic mass is 35.5. The quantitative estimate of drug-likeness (QED) is 0.815. The molecule has 2 nitrogen and oxygen atoms in total. The Morgan fingerprint density at radius 1 is 1.19 bits per heavy atom. The number of carbonyl (C=O) groups is 1. The molecule has 2 unspecified atom stereocenters. The van der Waals surface area contributed by atoms with E-state index in [2.05, 4.69) is 17.4 Å². The number of hydrogen-bond acceptors (Lipinski definition) is 1. The number of hydrogen-bond donors (Lipinski definition) is 1. The van der Waals surface area contributed by atoms with Crippen LogP contribution in [0.25, 0.3) is 0 Å². The van der Waals surface area contributed by atoms with Gasteiger partial charge in [0.15, 0.2) is 0 Å². The van der Waals surface area contributed by atoms with Crippen molar-refractivity contribution in [2.45, 2.75) is 44.4 Å². The first-order valence-corrected chi connectivity index (χ1v) is 8.66. The Kier molecular flexibility index (Phi) is 4.54. The van der Waals surface area contributed by atoms with Gasteiger partial charge in [0.2, 0.25) is 5.91 Å². The largest absolute Gasteiger partial charge is 0.355 e. The summed E-state index contributed by atoms with van der Waals surface area (Å²) in [6.45, 7) is 0.757. The number of alkyl halides is 1. The third-order valence-electron chi connectivity index (χ3n) is 5.19. The SMILES string of the molecule is O=C(NCC1(CCl)CCCCC1)C1CC1c1ccccc1. The summed E-state index contributed by atoms with van der Waals surface area (Å²) in [5.74, 6) is 1.48. The van der Waals surface area contributed by atoms with Gasteiger partial charge in [0.25, 0.3) is 0 Å². The molecule has 0 aliphatic heterocycles. The van der Waals surface area contributed by atoms with E-state index < -0.39 is 0 Å². The Morgan fingerprint density at radius 3 is 2.57 bits per heavy atom. The molecule has 21 heavy (non-hydrogen) atoms. The molecule has 0 aromatic heterocycles. The van der Waals surface area contributed by atoms with E-state index in [4.69, 9.17) is 11.6 Å². The molecule has 3 heteroatoms. The summed E-state index contributed by atoms with van der Waals surface area (Å²) in [6.07, 6.45) is 7.11. The van der Waals surface area contributed by atoms with E-state index in [9.17, 15) is 4.79 Å². The fourth-order valence-corrected chi connectivity index (χ4v) is 3.98. The second-order valence-corrected chi connectivity index (χ2v) is 7.04. The average molecular weight is 306 g/mol. The molecule has 2 aliphatic rings. The van der Waals surface area contributed by atoms with Crippen LogP contribution in [0.5, 0.6) is 0 Å². The fraction of sp³-hybridized carbons (Fsp3) is 0.611. The minimum Gasteiger partial charge on any atom is -0.355 e. The summed E-state index contributed by atoms with van der Waals surface area (Å²) in [5, 5.41) is 3.18. The van der Waals surface area contributed by atoms with Crippen LogP contribution < -0.4 is 5.32 Å². The van der Waals surface area contributed by atoms with Crippen LogP contribution in [0.4, 0.5) is 0 Å². The van der Waals surface area contributed by atoms with Crippen molar-refractivity contribution in [2.75, 3.05) is 12.4 Å². The Morgan fingerprint density at radius 2 is 1.90 bits per heavy atom. The van der Waals surface area contributed by atoms with E-state index in [1.54, 1.807) is 0 Å². The lowest BCUT2D eigenvalue weighted by Crippen LogP contribution is -2.41. The van der Waals surface area contributed by atoms with Gasteiger partial charge in [-0.05, 0) is 30.7 Å². The van der Waals surface area contributed by atoms with Gasteiger partial charge < -0.3 is 5.32 Å². The number of halogens is 1. The highest BCUT2D eigenvalue weighted by Crippen LogP contribution is 2.47. The minimum atomic E-state index is 0.145. The van der Waals surface area contributed by atoms with Gasteiger partial charge in [-0.2, -0.15) is 0 Å². The van der Waals surface area contributed by atoms with E-state index in [1.165, 1.54) is 24.8 Å². The van der Waals surface area contributed by atoms with Gasteiger partial charge in [-0.1, -0.05) is 49.6 Å². The monoisotopic (exact) mass is 305 g/mol. The van der Waals surface area contributed by atoms with Crippen molar-refractivity contribution in [3.05, 3.63) is 35.9 Å². The number of carbonyl (C=O) groups excluding carboxylic acids is 1. The number of amides is 1. The van der Waals surface area contributed by atoms with Gasteiger partial charge in [-0.15, -0.1) is 11.6 Å². The Bertz CT molecular complexity index is 481. The van der Waals surface area contributed by atoms with Gasteiger partial charge in [0, 0.05) is 23.8 Å².